The minimum atomic E-state index is -1.46. The fourth-order valence-corrected chi connectivity index (χ4v) is 2.97. The number of carboxylic acids is 2. The fourth-order valence-electron chi connectivity index (χ4n) is 2.97. The van der Waals surface area contributed by atoms with Gasteiger partial charge in [0.2, 0.25) is 0 Å². The van der Waals surface area contributed by atoms with E-state index in [4.69, 9.17) is 10.2 Å². The van der Waals surface area contributed by atoms with Crippen LogP contribution in [0.3, 0.4) is 0 Å². The van der Waals surface area contributed by atoms with E-state index in [-0.39, 0.29) is 12.2 Å². The second kappa shape index (κ2) is 5.98. The number of rotatable bonds is 6. The molecule has 0 aromatic rings. The largest absolute Gasteiger partial charge is 0.481 e. The first-order valence-electron chi connectivity index (χ1n) is 6.40. The maximum Gasteiger partial charge on any atom is 0.318 e. The minimum absolute atomic E-state index is 0.00940. The van der Waals surface area contributed by atoms with Crippen molar-refractivity contribution in [3.63, 3.8) is 0 Å². The lowest BCUT2D eigenvalue weighted by Crippen LogP contribution is -2.44. The first-order chi connectivity index (χ1) is 8.43. The smallest absolute Gasteiger partial charge is 0.318 e. The summed E-state index contributed by atoms with van der Waals surface area (Å²) in [7, 11) is 0. The lowest BCUT2D eigenvalue weighted by molar-refractivity contribution is -0.163. The van der Waals surface area contributed by atoms with Crippen LogP contribution in [0.2, 0.25) is 0 Å². The maximum absolute atomic E-state index is 11.6. The van der Waals surface area contributed by atoms with E-state index in [0.29, 0.717) is 25.7 Å². The Morgan fingerprint density at radius 2 is 1.94 bits per heavy atom. The minimum Gasteiger partial charge on any atom is -0.481 e. The molecule has 1 aliphatic carbocycles. The molecule has 0 heterocycles. The van der Waals surface area contributed by atoms with E-state index in [1.54, 1.807) is 0 Å². The molecule has 0 bridgehead atoms. The van der Waals surface area contributed by atoms with Gasteiger partial charge in [-0.05, 0) is 19.3 Å². The molecular formula is C13H20O5. The summed E-state index contributed by atoms with van der Waals surface area (Å²) < 4.78 is 0. The molecule has 5 heteroatoms. The Bertz CT molecular complexity index is 335. The highest BCUT2D eigenvalue weighted by Gasteiger charge is 2.49. The molecule has 102 valence electrons. The summed E-state index contributed by atoms with van der Waals surface area (Å²) >= 11 is 0. The average molecular weight is 256 g/mol. The van der Waals surface area contributed by atoms with Gasteiger partial charge in [-0.2, -0.15) is 0 Å². The highest BCUT2D eigenvalue weighted by Crippen LogP contribution is 2.45. The van der Waals surface area contributed by atoms with Crippen molar-refractivity contribution in [1.82, 2.24) is 0 Å². The molecule has 1 rings (SSSR count). The van der Waals surface area contributed by atoms with E-state index in [2.05, 4.69) is 0 Å². The van der Waals surface area contributed by atoms with Gasteiger partial charge in [0.1, 0.15) is 5.78 Å². The lowest BCUT2D eigenvalue weighted by Gasteiger charge is -2.39. The van der Waals surface area contributed by atoms with Crippen molar-refractivity contribution in [2.45, 2.75) is 51.9 Å². The molecule has 2 N–H and O–H groups in total. The molecule has 0 amide bonds. The Hall–Kier alpha value is -1.39. The molecular weight excluding hydrogens is 236 g/mol. The van der Waals surface area contributed by atoms with E-state index >= 15 is 0 Å². The summed E-state index contributed by atoms with van der Waals surface area (Å²) in [5, 5.41) is 18.3. The SMILES string of the molecule is CCCCC1(C(C(=O)O)C(=O)O)CCCC(=O)C1. The van der Waals surface area contributed by atoms with Crippen LogP contribution in [-0.2, 0) is 14.4 Å². The van der Waals surface area contributed by atoms with E-state index < -0.39 is 23.3 Å². The number of hydrogen-bond donors (Lipinski definition) is 2. The Balaban J connectivity index is 3.04. The molecule has 1 unspecified atom stereocenters. The number of unbranched alkanes of at least 4 members (excludes halogenated alkanes) is 1. The van der Waals surface area contributed by atoms with Crippen LogP contribution >= 0.6 is 0 Å². The van der Waals surface area contributed by atoms with Crippen molar-refractivity contribution >= 4 is 17.7 Å². The second-order valence-corrected chi connectivity index (χ2v) is 5.14. The maximum atomic E-state index is 11.6. The van der Waals surface area contributed by atoms with Gasteiger partial charge in [-0.15, -0.1) is 0 Å². The number of hydrogen-bond acceptors (Lipinski definition) is 3. The normalized spacial score (nSPS) is 24.2. The Labute approximate surface area is 106 Å². The van der Waals surface area contributed by atoms with Crippen molar-refractivity contribution < 1.29 is 24.6 Å². The Morgan fingerprint density at radius 1 is 1.33 bits per heavy atom. The molecule has 1 fully saturated rings. The molecule has 1 atom stereocenters. The predicted octanol–water partition coefficient (Wildman–Crippen LogP) is 2.09. The van der Waals surface area contributed by atoms with E-state index in [0.717, 1.165) is 12.8 Å². The van der Waals surface area contributed by atoms with Gasteiger partial charge in [0.15, 0.2) is 5.92 Å². The number of Topliss-reactive ketones (excluding diaryl/α,β-unsaturated/α-hetero) is 1. The number of ketones is 1. The van der Waals surface area contributed by atoms with Crippen molar-refractivity contribution in [3.05, 3.63) is 0 Å². The van der Waals surface area contributed by atoms with Gasteiger partial charge in [-0.3, -0.25) is 14.4 Å². The molecule has 18 heavy (non-hydrogen) atoms. The summed E-state index contributed by atoms with van der Waals surface area (Å²) in [5.41, 5.74) is -0.886. The number of carbonyl (C=O) groups excluding carboxylic acids is 1. The van der Waals surface area contributed by atoms with E-state index in [9.17, 15) is 14.4 Å². The summed E-state index contributed by atoms with van der Waals surface area (Å²) in [6.45, 7) is 1.97. The third-order valence-electron chi connectivity index (χ3n) is 3.81. The third-order valence-corrected chi connectivity index (χ3v) is 3.81. The molecule has 1 aliphatic rings. The first-order valence-corrected chi connectivity index (χ1v) is 6.40. The molecule has 0 radical (unpaired) electrons. The van der Waals surface area contributed by atoms with Crippen LogP contribution in [0.1, 0.15) is 51.9 Å². The summed E-state index contributed by atoms with van der Waals surface area (Å²) in [6, 6.07) is 0. The molecule has 0 aromatic heterocycles. The van der Waals surface area contributed by atoms with Crippen LogP contribution in [0, 0.1) is 11.3 Å². The van der Waals surface area contributed by atoms with E-state index in [1.807, 2.05) is 6.92 Å². The third kappa shape index (κ3) is 3.09. The zero-order valence-corrected chi connectivity index (χ0v) is 10.6. The second-order valence-electron chi connectivity index (χ2n) is 5.14. The monoisotopic (exact) mass is 256 g/mol. The van der Waals surface area contributed by atoms with Gasteiger partial charge in [-0.1, -0.05) is 19.8 Å². The van der Waals surface area contributed by atoms with Crippen molar-refractivity contribution in [2.24, 2.45) is 11.3 Å². The van der Waals surface area contributed by atoms with Gasteiger partial charge >= 0.3 is 11.9 Å². The van der Waals surface area contributed by atoms with Gasteiger partial charge in [-0.25, -0.2) is 0 Å². The van der Waals surface area contributed by atoms with Crippen molar-refractivity contribution in [1.29, 1.82) is 0 Å². The molecule has 0 aliphatic heterocycles. The number of carboxylic acid groups (broad SMARTS) is 2. The standard InChI is InChI=1S/C13H20O5/c1-2-3-6-13(7-4-5-9(14)8-13)10(11(15)16)12(17)18/h10H,2-8H2,1H3,(H,15,16)(H,17,18). The zero-order chi connectivity index (χ0) is 13.8. The van der Waals surface area contributed by atoms with Crippen LogP contribution in [0.4, 0.5) is 0 Å². The van der Waals surface area contributed by atoms with Crippen LogP contribution in [0.25, 0.3) is 0 Å². The summed E-state index contributed by atoms with van der Waals surface area (Å²) in [4.78, 5) is 34.1. The predicted molar refractivity (Wildman–Crippen MR) is 64.2 cm³/mol. The topological polar surface area (TPSA) is 91.7 Å². The highest BCUT2D eigenvalue weighted by atomic mass is 16.4. The zero-order valence-electron chi connectivity index (χ0n) is 10.6. The van der Waals surface area contributed by atoms with Crippen LogP contribution in [0.15, 0.2) is 0 Å². The highest BCUT2D eigenvalue weighted by molar-refractivity contribution is 5.95. The Kier molecular flexibility index (Phi) is 4.87. The van der Waals surface area contributed by atoms with Crippen LogP contribution in [0.5, 0.6) is 0 Å². The fraction of sp³-hybridized carbons (Fsp3) is 0.769. The van der Waals surface area contributed by atoms with E-state index in [1.165, 1.54) is 0 Å². The first kappa shape index (κ1) is 14.7. The number of carbonyl (C=O) groups is 3. The van der Waals surface area contributed by atoms with Crippen molar-refractivity contribution in [3.8, 4) is 0 Å². The molecule has 0 saturated heterocycles. The number of aliphatic carboxylic acids is 2. The van der Waals surface area contributed by atoms with Gasteiger partial charge in [0, 0.05) is 18.3 Å². The summed E-state index contributed by atoms with van der Waals surface area (Å²) in [5.74, 6) is -4.13. The lowest BCUT2D eigenvalue weighted by atomic mass is 9.63. The Morgan fingerprint density at radius 3 is 2.39 bits per heavy atom. The molecule has 5 nitrogen and oxygen atoms in total. The molecule has 0 spiro atoms. The molecule has 1 saturated carbocycles. The average Bonchev–Trinajstić information content (AvgIpc) is 2.25. The van der Waals surface area contributed by atoms with Crippen LogP contribution in [-0.4, -0.2) is 27.9 Å². The molecule has 0 aromatic carbocycles. The van der Waals surface area contributed by atoms with Crippen LogP contribution < -0.4 is 0 Å². The van der Waals surface area contributed by atoms with Gasteiger partial charge < -0.3 is 10.2 Å². The van der Waals surface area contributed by atoms with Crippen molar-refractivity contribution in [2.75, 3.05) is 0 Å². The summed E-state index contributed by atoms with van der Waals surface area (Å²) in [6.07, 6.45) is 3.77. The van der Waals surface area contributed by atoms with Gasteiger partial charge in [0.05, 0.1) is 0 Å². The van der Waals surface area contributed by atoms with Gasteiger partial charge in [0.25, 0.3) is 0 Å². The quantitative estimate of drug-likeness (QED) is 0.710.